The van der Waals surface area contributed by atoms with Crippen molar-refractivity contribution in [1.29, 1.82) is 0 Å². The van der Waals surface area contributed by atoms with Crippen molar-refractivity contribution >= 4 is 5.97 Å². The quantitative estimate of drug-likeness (QED) is 0.805. The van der Waals surface area contributed by atoms with E-state index in [4.69, 9.17) is 9.84 Å². The van der Waals surface area contributed by atoms with E-state index in [0.717, 1.165) is 5.69 Å². The SMILES string of the molecule is CCOC(CCn1c(C)cccc1=O)C(=O)O. The Morgan fingerprint density at radius 1 is 1.53 bits per heavy atom. The Kier molecular flexibility index (Phi) is 4.90. The molecule has 94 valence electrons. The number of carboxylic acids is 1. The van der Waals surface area contributed by atoms with Crippen LogP contribution in [0, 0.1) is 6.92 Å². The number of hydrogen-bond acceptors (Lipinski definition) is 3. The molecule has 1 aromatic heterocycles. The van der Waals surface area contributed by atoms with Crippen LogP contribution in [-0.4, -0.2) is 28.4 Å². The molecule has 1 N–H and O–H groups in total. The first-order valence-corrected chi connectivity index (χ1v) is 5.57. The van der Waals surface area contributed by atoms with Crippen LogP contribution in [0.25, 0.3) is 0 Å². The molecule has 5 nitrogen and oxygen atoms in total. The third-order valence-corrected chi connectivity index (χ3v) is 2.53. The number of hydrogen-bond donors (Lipinski definition) is 1. The lowest BCUT2D eigenvalue weighted by Gasteiger charge is -2.14. The fourth-order valence-electron chi connectivity index (χ4n) is 1.64. The van der Waals surface area contributed by atoms with Crippen LogP contribution < -0.4 is 5.56 Å². The van der Waals surface area contributed by atoms with Gasteiger partial charge in [-0.3, -0.25) is 4.79 Å². The second kappa shape index (κ2) is 6.20. The van der Waals surface area contributed by atoms with E-state index in [1.807, 2.05) is 13.0 Å². The first-order valence-electron chi connectivity index (χ1n) is 5.57. The molecular weight excluding hydrogens is 222 g/mol. The van der Waals surface area contributed by atoms with Gasteiger partial charge in [0.2, 0.25) is 0 Å². The number of carbonyl (C=O) groups is 1. The van der Waals surface area contributed by atoms with Gasteiger partial charge in [0.1, 0.15) is 0 Å². The van der Waals surface area contributed by atoms with Crippen molar-refractivity contribution in [3.05, 3.63) is 34.2 Å². The van der Waals surface area contributed by atoms with E-state index in [1.54, 1.807) is 17.6 Å². The molecule has 1 unspecified atom stereocenters. The third-order valence-electron chi connectivity index (χ3n) is 2.53. The fraction of sp³-hybridized carbons (Fsp3) is 0.500. The van der Waals surface area contributed by atoms with Gasteiger partial charge in [0, 0.05) is 31.3 Å². The highest BCUT2D eigenvalue weighted by Crippen LogP contribution is 2.03. The summed E-state index contributed by atoms with van der Waals surface area (Å²) in [5, 5.41) is 8.91. The molecule has 0 bridgehead atoms. The van der Waals surface area contributed by atoms with Crippen molar-refractivity contribution in [3.63, 3.8) is 0 Å². The molecule has 1 atom stereocenters. The summed E-state index contributed by atoms with van der Waals surface area (Å²) in [6, 6.07) is 4.96. The molecule has 0 spiro atoms. The predicted molar refractivity (Wildman–Crippen MR) is 63.1 cm³/mol. The fourth-order valence-corrected chi connectivity index (χ4v) is 1.64. The predicted octanol–water partition coefficient (Wildman–Crippen LogP) is 1.04. The van der Waals surface area contributed by atoms with Crippen LogP contribution >= 0.6 is 0 Å². The standard InChI is InChI=1S/C12H17NO4/c1-3-17-10(12(15)16)7-8-13-9(2)5-4-6-11(13)14/h4-6,10H,3,7-8H2,1-2H3,(H,15,16). The first-order chi connectivity index (χ1) is 8.06. The van der Waals surface area contributed by atoms with Crippen LogP contribution in [-0.2, 0) is 16.1 Å². The third kappa shape index (κ3) is 3.71. The molecule has 1 heterocycles. The zero-order valence-corrected chi connectivity index (χ0v) is 10.0. The number of ether oxygens (including phenoxy) is 1. The highest BCUT2D eigenvalue weighted by atomic mass is 16.5. The van der Waals surface area contributed by atoms with Crippen LogP contribution in [0.3, 0.4) is 0 Å². The Labute approximate surface area is 99.6 Å². The van der Waals surface area contributed by atoms with Crippen molar-refractivity contribution in [3.8, 4) is 0 Å². The molecule has 0 aliphatic rings. The summed E-state index contributed by atoms with van der Waals surface area (Å²) in [7, 11) is 0. The Balaban J connectivity index is 2.72. The topological polar surface area (TPSA) is 68.5 Å². The van der Waals surface area contributed by atoms with Crippen molar-refractivity contribution in [2.24, 2.45) is 0 Å². The second-order valence-corrected chi connectivity index (χ2v) is 3.73. The number of nitrogens with zero attached hydrogens (tertiary/aromatic N) is 1. The average molecular weight is 239 g/mol. The molecule has 0 saturated heterocycles. The van der Waals surface area contributed by atoms with Crippen molar-refractivity contribution < 1.29 is 14.6 Å². The maximum absolute atomic E-state index is 11.6. The van der Waals surface area contributed by atoms with Crippen LogP contribution in [0.15, 0.2) is 23.0 Å². The van der Waals surface area contributed by atoms with E-state index >= 15 is 0 Å². The molecule has 0 aromatic carbocycles. The highest BCUT2D eigenvalue weighted by molar-refractivity contribution is 5.72. The average Bonchev–Trinajstić information content (AvgIpc) is 2.26. The van der Waals surface area contributed by atoms with Crippen molar-refractivity contribution in [2.45, 2.75) is 32.9 Å². The highest BCUT2D eigenvalue weighted by Gasteiger charge is 2.17. The minimum atomic E-state index is -0.992. The minimum Gasteiger partial charge on any atom is -0.479 e. The number of pyridine rings is 1. The summed E-state index contributed by atoms with van der Waals surface area (Å²) in [5.74, 6) is -0.992. The van der Waals surface area contributed by atoms with E-state index in [-0.39, 0.29) is 12.0 Å². The molecular formula is C12H17NO4. The summed E-state index contributed by atoms with van der Waals surface area (Å²) in [6.07, 6.45) is -0.569. The van der Waals surface area contributed by atoms with Gasteiger partial charge in [-0.25, -0.2) is 4.79 Å². The van der Waals surface area contributed by atoms with Gasteiger partial charge in [0.15, 0.2) is 6.10 Å². The van der Waals surface area contributed by atoms with Crippen LogP contribution in [0.2, 0.25) is 0 Å². The van der Waals surface area contributed by atoms with Gasteiger partial charge in [0.05, 0.1) is 0 Å². The molecule has 0 aliphatic carbocycles. The molecule has 5 heteroatoms. The van der Waals surface area contributed by atoms with Gasteiger partial charge in [0.25, 0.3) is 5.56 Å². The lowest BCUT2D eigenvalue weighted by molar-refractivity contribution is -0.150. The van der Waals surface area contributed by atoms with Gasteiger partial charge < -0.3 is 14.4 Å². The Morgan fingerprint density at radius 3 is 2.76 bits per heavy atom. The van der Waals surface area contributed by atoms with Gasteiger partial charge in [-0.05, 0) is 19.9 Å². The Morgan fingerprint density at radius 2 is 2.24 bits per heavy atom. The summed E-state index contributed by atoms with van der Waals surface area (Å²) < 4.78 is 6.64. The molecule has 0 fully saturated rings. The van der Waals surface area contributed by atoms with Gasteiger partial charge >= 0.3 is 5.97 Å². The lowest BCUT2D eigenvalue weighted by atomic mass is 10.2. The van der Waals surface area contributed by atoms with Gasteiger partial charge in [-0.15, -0.1) is 0 Å². The summed E-state index contributed by atoms with van der Waals surface area (Å²) in [6.45, 7) is 4.26. The number of aliphatic carboxylic acids is 1. The van der Waals surface area contributed by atoms with Crippen molar-refractivity contribution in [1.82, 2.24) is 4.57 Å². The lowest BCUT2D eigenvalue weighted by Crippen LogP contribution is -2.29. The second-order valence-electron chi connectivity index (χ2n) is 3.73. The van der Waals surface area contributed by atoms with Crippen LogP contribution in [0.4, 0.5) is 0 Å². The van der Waals surface area contributed by atoms with E-state index in [1.165, 1.54) is 6.07 Å². The molecule has 0 amide bonds. The monoisotopic (exact) mass is 239 g/mol. The first kappa shape index (κ1) is 13.4. The zero-order valence-electron chi connectivity index (χ0n) is 10.0. The van der Waals surface area contributed by atoms with Gasteiger partial charge in [-0.1, -0.05) is 6.07 Å². The summed E-state index contributed by atoms with van der Waals surface area (Å²) in [5.41, 5.74) is 0.698. The molecule has 0 saturated carbocycles. The molecule has 17 heavy (non-hydrogen) atoms. The maximum atomic E-state index is 11.6. The Bertz CT molecular complexity index is 438. The van der Waals surface area contributed by atoms with Crippen LogP contribution in [0.1, 0.15) is 19.0 Å². The van der Waals surface area contributed by atoms with Crippen molar-refractivity contribution in [2.75, 3.05) is 6.61 Å². The number of aryl methyl sites for hydroxylation is 1. The maximum Gasteiger partial charge on any atom is 0.332 e. The largest absolute Gasteiger partial charge is 0.479 e. The molecule has 0 aliphatic heterocycles. The smallest absolute Gasteiger partial charge is 0.332 e. The van der Waals surface area contributed by atoms with Crippen LogP contribution in [0.5, 0.6) is 0 Å². The summed E-state index contributed by atoms with van der Waals surface area (Å²) >= 11 is 0. The number of aromatic nitrogens is 1. The number of carboxylic acid groups (broad SMARTS) is 1. The van der Waals surface area contributed by atoms with Gasteiger partial charge in [-0.2, -0.15) is 0 Å². The van der Waals surface area contributed by atoms with E-state index < -0.39 is 12.1 Å². The van der Waals surface area contributed by atoms with E-state index in [2.05, 4.69) is 0 Å². The van der Waals surface area contributed by atoms with E-state index in [0.29, 0.717) is 13.2 Å². The zero-order chi connectivity index (χ0) is 12.8. The molecule has 1 rings (SSSR count). The normalized spacial score (nSPS) is 12.4. The number of rotatable bonds is 6. The molecule has 1 aromatic rings. The Hall–Kier alpha value is -1.62. The summed E-state index contributed by atoms with van der Waals surface area (Å²) in [4.78, 5) is 22.4. The minimum absolute atomic E-state index is 0.120. The molecule has 0 radical (unpaired) electrons. The van der Waals surface area contributed by atoms with E-state index in [9.17, 15) is 9.59 Å².